The molecule has 1 N–H and O–H groups in total. The Balaban J connectivity index is 2.07. The number of aromatic nitrogens is 1. The summed E-state index contributed by atoms with van der Waals surface area (Å²) < 4.78 is 3.47. The van der Waals surface area contributed by atoms with Crippen molar-refractivity contribution in [2.24, 2.45) is 0 Å². The predicted octanol–water partition coefficient (Wildman–Crippen LogP) is 4.18. The molecule has 18 heavy (non-hydrogen) atoms. The zero-order valence-electron chi connectivity index (χ0n) is 11.3. The van der Waals surface area contributed by atoms with Crippen molar-refractivity contribution < 1.29 is 0 Å². The molecule has 98 valence electrons. The molecule has 0 aliphatic heterocycles. The summed E-state index contributed by atoms with van der Waals surface area (Å²) in [6.45, 7) is 8.71. The van der Waals surface area contributed by atoms with Crippen LogP contribution in [0.25, 0.3) is 10.9 Å². The van der Waals surface area contributed by atoms with E-state index < -0.39 is 0 Å². The molecule has 0 atom stereocenters. The smallest absolute Gasteiger partial charge is 0.0492 e. The SMILES string of the molecule is CCC(C)(C)NCCn1ccc2c(Br)cccc21. The zero-order chi connectivity index (χ0) is 13.2. The van der Waals surface area contributed by atoms with E-state index in [1.807, 2.05) is 0 Å². The summed E-state index contributed by atoms with van der Waals surface area (Å²) in [4.78, 5) is 0. The lowest BCUT2D eigenvalue weighted by Crippen LogP contribution is -2.40. The van der Waals surface area contributed by atoms with E-state index in [9.17, 15) is 0 Å². The van der Waals surface area contributed by atoms with Crippen molar-refractivity contribution in [3.8, 4) is 0 Å². The predicted molar refractivity (Wildman–Crippen MR) is 82.0 cm³/mol. The average Bonchev–Trinajstić information content (AvgIpc) is 2.74. The van der Waals surface area contributed by atoms with Crippen LogP contribution in [0, 0.1) is 0 Å². The summed E-state index contributed by atoms with van der Waals surface area (Å²) >= 11 is 3.59. The van der Waals surface area contributed by atoms with E-state index in [1.54, 1.807) is 0 Å². The van der Waals surface area contributed by atoms with Crippen molar-refractivity contribution in [2.45, 2.75) is 39.3 Å². The first-order valence-electron chi connectivity index (χ1n) is 6.52. The molecule has 0 aliphatic carbocycles. The van der Waals surface area contributed by atoms with Crippen LogP contribution in [-0.2, 0) is 6.54 Å². The number of nitrogens with one attached hydrogen (secondary N) is 1. The van der Waals surface area contributed by atoms with Crippen molar-refractivity contribution in [1.29, 1.82) is 0 Å². The van der Waals surface area contributed by atoms with Gasteiger partial charge in [-0.15, -0.1) is 0 Å². The summed E-state index contributed by atoms with van der Waals surface area (Å²) in [6.07, 6.45) is 3.31. The molecule has 1 aromatic carbocycles. The third-order valence-electron chi connectivity index (χ3n) is 3.60. The largest absolute Gasteiger partial charge is 0.346 e. The fourth-order valence-corrected chi connectivity index (χ4v) is 2.51. The summed E-state index contributed by atoms with van der Waals surface area (Å²) in [5.41, 5.74) is 1.52. The first-order chi connectivity index (χ1) is 8.53. The van der Waals surface area contributed by atoms with Crippen LogP contribution in [0.3, 0.4) is 0 Å². The molecule has 0 fully saturated rings. The van der Waals surface area contributed by atoms with Gasteiger partial charge < -0.3 is 9.88 Å². The van der Waals surface area contributed by atoms with Crippen LogP contribution < -0.4 is 5.32 Å². The number of halogens is 1. The Morgan fingerprint density at radius 3 is 2.78 bits per heavy atom. The summed E-state index contributed by atoms with van der Waals surface area (Å²) in [5.74, 6) is 0. The highest BCUT2D eigenvalue weighted by atomic mass is 79.9. The second kappa shape index (κ2) is 5.45. The highest BCUT2D eigenvalue weighted by molar-refractivity contribution is 9.10. The van der Waals surface area contributed by atoms with Crippen LogP contribution in [0.2, 0.25) is 0 Å². The quantitative estimate of drug-likeness (QED) is 0.876. The molecule has 0 spiro atoms. The molecule has 2 aromatic rings. The van der Waals surface area contributed by atoms with Crippen molar-refractivity contribution in [2.75, 3.05) is 6.54 Å². The van der Waals surface area contributed by atoms with Gasteiger partial charge in [-0.1, -0.05) is 28.9 Å². The summed E-state index contributed by atoms with van der Waals surface area (Å²) in [6, 6.07) is 8.52. The Labute approximate surface area is 118 Å². The van der Waals surface area contributed by atoms with E-state index in [0.717, 1.165) is 19.5 Å². The fraction of sp³-hybridized carbons (Fsp3) is 0.467. The second-order valence-electron chi connectivity index (χ2n) is 5.35. The minimum atomic E-state index is 0.226. The molecular weight excluding hydrogens is 288 g/mol. The van der Waals surface area contributed by atoms with E-state index in [1.165, 1.54) is 15.4 Å². The van der Waals surface area contributed by atoms with Crippen LogP contribution in [0.4, 0.5) is 0 Å². The third kappa shape index (κ3) is 2.96. The maximum atomic E-state index is 3.59. The Morgan fingerprint density at radius 1 is 1.28 bits per heavy atom. The van der Waals surface area contributed by atoms with E-state index in [0.29, 0.717) is 0 Å². The molecule has 1 heterocycles. The first kappa shape index (κ1) is 13.6. The molecule has 0 saturated heterocycles. The summed E-state index contributed by atoms with van der Waals surface area (Å²) in [5, 5.41) is 4.88. The molecule has 0 radical (unpaired) electrons. The number of rotatable bonds is 5. The van der Waals surface area contributed by atoms with Gasteiger partial charge in [0.1, 0.15) is 0 Å². The lowest BCUT2D eigenvalue weighted by atomic mass is 10.0. The number of benzene rings is 1. The van der Waals surface area contributed by atoms with Gasteiger partial charge in [0.15, 0.2) is 0 Å². The van der Waals surface area contributed by atoms with Gasteiger partial charge in [0.25, 0.3) is 0 Å². The standard InChI is InChI=1S/C15H21BrN2/c1-4-15(2,3)17-9-11-18-10-8-12-13(16)6-5-7-14(12)18/h5-8,10,17H,4,9,11H2,1-3H3. The second-order valence-corrected chi connectivity index (χ2v) is 6.20. The lowest BCUT2D eigenvalue weighted by molar-refractivity contribution is 0.369. The van der Waals surface area contributed by atoms with Gasteiger partial charge >= 0.3 is 0 Å². The van der Waals surface area contributed by atoms with Gasteiger partial charge in [0, 0.05) is 40.2 Å². The van der Waals surface area contributed by atoms with Crippen LogP contribution in [0.5, 0.6) is 0 Å². The number of nitrogens with zero attached hydrogens (tertiary/aromatic N) is 1. The highest BCUT2D eigenvalue weighted by Gasteiger charge is 2.13. The van der Waals surface area contributed by atoms with Gasteiger partial charge in [-0.25, -0.2) is 0 Å². The molecule has 1 aromatic heterocycles. The molecule has 2 nitrogen and oxygen atoms in total. The van der Waals surface area contributed by atoms with Crippen LogP contribution in [0.1, 0.15) is 27.2 Å². The maximum Gasteiger partial charge on any atom is 0.0492 e. The van der Waals surface area contributed by atoms with Crippen molar-refractivity contribution in [3.05, 3.63) is 34.9 Å². The van der Waals surface area contributed by atoms with E-state index in [-0.39, 0.29) is 5.54 Å². The summed E-state index contributed by atoms with van der Waals surface area (Å²) in [7, 11) is 0. The van der Waals surface area contributed by atoms with Crippen molar-refractivity contribution in [1.82, 2.24) is 9.88 Å². The Morgan fingerprint density at radius 2 is 2.06 bits per heavy atom. The molecule has 0 bridgehead atoms. The third-order valence-corrected chi connectivity index (χ3v) is 4.29. The van der Waals surface area contributed by atoms with Gasteiger partial charge in [-0.05, 0) is 38.5 Å². The van der Waals surface area contributed by atoms with E-state index in [2.05, 4.69) is 77.0 Å². The molecule has 0 unspecified atom stereocenters. The molecule has 2 rings (SSSR count). The topological polar surface area (TPSA) is 17.0 Å². The highest BCUT2D eigenvalue weighted by Crippen LogP contribution is 2.24. The average molecular weight is 309 g/mol. The normalized spacial score (nSPS) is 12.2. The number of fused-ring (bicyclic) bond motifs is 1. The Bertz CT molecular complexity index is 528. The maximum absolute atomic E-state index is 3.59. The zero-order valence-corrected chi connectivity index (χ0v) is 12.9. The molecule has 3 heteroatoms. The Kier molecular flexibility index (Phi) is 4.13. The molecule has 0 amide bonds. The van der Waals surface area contributed by atoms with Crippen molar-refractivity contribution in [3.63, 3.8) is 0 Å². The fourth-order valence-electron chi connectivity index (χ4n) is 2.02. The van der Waals surface area contributed by atoms with Gasteiger partial charge in [0.05, 0.1) is 0 Å². The minimum Gasteiger partial charge on any atom is -0.346 e. The minimum absolute atomic E-state index is 0.226. The lowest BCUT2D eigenvalue weighted by Gasteiger charge is -2.24. The van der Waals surface area contributed by atoms with Gasteiger partial charge in [0.2, 0.25) is 0 Å². The Hall–Kier alpha value is -0.800. The monoisotopic (exact) mass is 308 g/mol. The van der Waals surface area contributed by atoms with Gasteiger partial charge in [-0.2, -0.15) is 0 Å². The van der Waals surface area contributed by atoms with Crippen molar-refractivity contribution >= 4 is 26.8 Å². The van der Waals surface area contributed by atoms with E-state index in [4.69, 9.17) is 0 Å². The van der Waals surface area contributed by atoms with Gasteiger partial charge in [-0.3, -0.25) is 0 Å². The van der Waals surface area contributed by atoms with Crippen LogP contribution >= 0.6 is 15.9 Å². The number of hydrogen-bond donors (Lipinski definition) is 1. The van der Waals surface area contributed by atoms with Crippen LogP contribution in [0.15, 0.2) is 34.9 Å². The molecule has 0 aliphatic rings. The molecule has 0 saturated carbocycles. The molecular formula is C15H21BrN2. The van der Waals surface area contributed by atoms with Crippen LogP contribution in [-0.4, -0.2) is 16.7 Å². The van der Waals surface area contributed by atoms with E-state index >= 15 is 0 Å². The number of hydrogen-bond acceptors (Lipinski definition) is 1. The first-order valence-corrected chi connectivity index (χ1v) is 7.31.